The van der Waals surface area contributed by atoms with Crippen molar-refractivity contribution in [3.05, 3.63) is 0 Å². The lowest BCUT2D eigenvalue weighted by molar-refractivity contribution is -0.135. The lowest BCUT2D eigenvalue weighted by Crippen LogP contribution is -2.48. The Labute approximate surface area is 78.0 Å². The van der Waals surface area contributed by atoms with Gasteiger partial charge in [-0.05, 0) is 0 Å². The van der Waals surface area contributed by atoms with Gasteiger partial charge in [0.1, 0.15) is 6.10 Å². The van der Waals surface area contributed by atoms with Crippen LogP contribution in [0.5, 0.6) is 0 Å². The summed E-state index contributed by atoms with van der Waals surface area (Å²) in [6, 6.07) is 0. The number of morpholine rings is 1. The second-order valence-corrected chi connectivity index (χ2v) is 3.02. The molecule has 4 nitrogen and oxygen atoms in total. The van der Waals surface area contributed by atoms with E-state index in [0.29, 0.717) is 19.6 Å². The van der Waals surface area contributed by atoms with Gasteiger partial charge in [0, 0.05) is 26.1 Å². The summed E-state index contributed by atoms with van der Waals surface area (Å²) in [5.74, 6) is 2.16. The van der Waals surface area contributed by atoms with Gasteiger partial charge in [-0.15, -0.1) is 12.3 Å². The molecular formula is C9H14N2O2. The average molecular weight is 182 g/mol. The van der Waals surface area contributed by atoms with Gasteiger partial charge in [0.15, 0.2) is 0 Å². The van der Waals surface area contributed by atoms with Crippen molar-refractivity contribution in [3.63, 3.8) is 0 Å². The Morgan fingerprint density at radius 3 is 3.15 bits per heavy atom. The fourth-order valence-electron chi connectivity index (χ4n) is 1.30. The molecule has 4 heteroatoms. The molecule has 1 fully saturated rings. The first-order chi connectivity index (χ1) is 6.24. The van der Waals surface area contributed by atoms with Crippen LogP contribution in [0.1, 0.15) is 6.42 Å². The van der Waals surface area contributed by atoms with Crippen LogP contribution in [-0.4, -0.2) is 43.2 Å². The van der Waals surface area contributed by atoms with Gasteiger partial charge in [0.05, 0.1) is 6.61 Å². The van der Waals surface area contributed by atoms with E-state index in [1.165, 1.54) is 0 Å². The van der Waals surface area contributed by atoms with E-state index in [2.05, 4.69) is 10.8 Å². The van der Waals surface area contributed by atoms with E-state index >= 15 is 0 Å². The van der Waals surface area contributed by atoms with Crippen LogP contribution >= 0.6 is 0 Å². The third-order valence-electron chi connectivity index (χ3n) is 2.04. The van der Waals surface area contributed by atoms with Gasteiger partial charge in [-0.25, -0.2) is 0 Å². The summed E-state index contributed by atoms with van der Waals surface area (Å²) >= 11 is 0. The number of nitrogens with two attached hydrogens (primary N) is 1. The maximum atomic E-state index is 10.8. The number of hydrogen-bond acceptors (Lipinski definition) is 3. The molecule has 1 aliphatic heterocycles. The number of hydrogen-bond donors (Lipinski definition) is 1. The summed E-state index contributed by atoms with van der Waals surface area (Å²) in [6.45, 7) is 2.75. The minimum atomic E-state index is -0.466. The number of carbonyl (C=O) groups is 1. The van der Waals surface area contributed by atoms with Crippen molar-refractivity contribution in [3.8, 4) is 12.3 Å². The lowest BCUT2D eigenvalue weighted by Gasteiger charge is -2.30. The molecule has 0 aliphatic carbocycles. The number of amides is 1. The van der Waals surface area contributed by atoms with Crippen LogP contribution in [-0.2, 0) is 9.53 Å². The molecule has 0 aromatic rings. The van der Waals surface area contributed by atoms with E-state index in [4.69, 9.17) is 16.9 Å². The van der Waals surface area contributed by atoms with Crippen LogP contribution in [0.15, 0.2) is 0 Å². The molecule has 72 valence electrons. The molecular weight excluding hydrogens is 168 g/mol. The molecule has 13 heavy (non-hydrogen) atoms. The standard InChI is InChI=1S/C9H14N2O2/c1-2-3-4-11-5-6-13-8(7-11)9(10)12/h1,8H,3-7H2,(H2,10,12). The summed E-state index contributed by atoms with van der Waals surface area (Å²) in [7, 11) is 0. The maximum absolute atomic E-state index is 10.8. The van der Waals surface area contributed by atoms with E-state index in [9.17, 15) is 4.79 Å². The highest BCUT2D eigenvalue weighted by atomic mass is 16.5. The zero-order valence-electron chi connectivity index (χ0n) is 7.53. The van der Waals surface area contributed by atoms with Gasteiger partial charge in [-0.3, -0.25) is 9.69 Å². The third kappa shape index (κ3) is 3.05. The summed E-state index contributed by atoms with van der Waals surface area (Å²) in [4.78, 5) is 12.9. The van der Waals surface area contributed by atoms with Crippen molar-refractivity contribution in [1.29, 1.82) is 0 Å². The van der Waals surface area contributed by atoms with Crippen molar-refractivity contribution in [1.82, 2.24) is 4.90 Å². The normalized spacial score (nSPS) is 23.8. The summed E-state index contributed by atoms with van der Waals surface area (Å²) in [5.41, 5.74) is 5.13. The van der Waals surface area contributed by atoms with Crippen LogP contribution < -0.4 is 5.73 Å². The van der Waals surface area contributed by atoms with Crippen molar-refractivity contribution < 1.29 is 9.53 Å². The monoisotopic (exact) mass is 182 g/mol. The van der Waals surface area contributed by atoms with Gasteiger partial charge < -0.3 is 10.5 Å². The molecule has 1 amide bonds. The SMILES string of the molecule is C#CCCN1CCOC(C(N)=O)C1. The molecule has 0 spiro atoms. The Kier molecular flexibility index (Phi) is 3.74. The molecule has 0 radical (unpaired) electrons. The van der Waals surface area contributed by atoms with Crippen molar-refractivity contribution in [2.24, 2.45) is 5.73 Å². The molecule has 1 aliphatic rings. The number of ether oxygens (including phenoxy) is 1. The fraction of sp³-hybridized carbons (Fsp3) is 0.667. The Bertz CT molecular complexity index is 222. The van der Waals surface area contributed by atoms with Gasteiger partial charge >= 0.3 is 0 Å². The highest BCUT2D eigenvalue weighted by Gasteiger charge is 2.23. The molecule has 0 aromatic carbocycles. The smallest absolute Gasteiger partial charge is 0.247 e. The highest BCUT2D eigenvalue weighted by molar-refractivity contribution is 5.79. The molecule has 1 rings (SSSR count). The van der Waals surface area contributed by atoms with Gasteiger partial charge in [0.25, 0.3) is 0 Å². The predicted octanol–water partition coefficient (Wildman–Crippen LogP) is -0.804. The molecule has 0 saturated carbocycles. The number of carbonyl (C=O) groups excluding carboxylic acids is 1. The number of rotatable bonds is 3. The largest absolute Gasteiger partial charge is 0.367 e. The van der Waals surface area contributed by atoms with Crippen LogP contribution in [0.25, 0.3) is 0 Å². The van der Waals surface area contributed by atoms with Crippen molar-refractivity contribution >= 4 is 5.91 Å². The Balaban J connectivity index is 2.34. The van der Waals surface area contributed by atoms with Gasteiger partial charge in [-0.1, -0.05) is 0 Å². The van der Waals surface area contributed by atoms with Gasteiger partial charge in [0.2, 0.25) is 5.91 Å². The fourth-order valence-corrected chi connectivity index (χ4v) is 1.30. The zero-order valence-corrected chi connectivity index (χ0v) is 7.53. The summed E-state index contributed by atoms with van der Waals surface area (Å²) in [5, 5.41) is 0. The topological polar surface area (TPSA) is 55.6 Å². The third-order valence-corrected chi connectivity index (χ3v) is 2.04. The number of nitrogens with zero attached hydrogens (tertiary/aromatic N) is 1. The molecule has 2 N–H and O–H groups in total. The summed E-state index contributed by atoms with van der Waals surface area (Å²) in [6.07, 6.45) is 5.37. The zero-order chi connectivity index (χ0) is 9.68. The second kappa shape index (κ2) is 4.85. The van der Waals surface area contributed by atoms with E-state index in [-0.39, 0.29) is 0 Å². The highest BCUT2D eigenvalue weighted by Crippen LogP contribution is 2.04. The van der Waals surface area contributed by atoms with E-state index in [1.54, 1.807) is 0 Å². The van der Waals surface area contributed by atoms with Crippen LogP contribution in [0.3, 0.4) is 0 Å². The summed E-state index contributed by atoms with van der Waals surface area (Å²) < 4.78 is 5.18. The minimum absolute atomic E-state index is 0.398. The maximum Gasteiger partial charge on any atom is 0.247 e. The molecule has 1 atom stereocenters. The van der Waals surface area contributed by atoms with Gasteiger partial charge in [-0.2, -0.15) is 0 Å². The Hall–Kier alpha value is -1.05. The lowest BCUT2D eigenvalue weighted by atomic mass is 10.2. The first kappa shape index (κ1) is 10.0. The van der Waals surface area contributed by atoms with Crippen molar-refractivity contribution in [2.45, 2.75) is 12.5 Å². The first-order valence-corrected chi connectivity index (χ1v) is 4.31. The van der Waals surface area contributed by atoms with E-state index in [0.717, 1.165) is 13.1 Å². The number of primary amides is 1. The minimum Gasteiger partial charge on any atom is -0.367 e. The second-order valence-electron chi connectivity index (χ2n) is 3.02. The average Bonchev–Trinajstić information content (AvgIpc) is 2.15. The van der Waals surface area contributed by atoms with Crippen LogP contribution in [0.4, 0.5) is 0 Å². The Morgan fingerprint density at radius 2 is 2.54 bits per heavy atom. The number of terminal acetylenes is 1. The molecule has 1 saturated heterocycles. The van der Waals surface area contributed by atoms with Crippen LogP contribution in [0, 0.1) is 12.3 Å². The van der Waals surface area contributed by atoms with Crippen molar-refractivity contribution in [2.75, 3.05) is 26.2 Å². The quantitative estimate of drug-likeness (QED) is 0.581. The van der Waals surface area contributed by atoms with Crippen LogP contribution in [0.2, 0.25) is 0 Å². The molecule has 1 heterocycles. The molecule has 1 unspecified atom stereocenters. The Morgan fingerprint density at radius 1 is 1.77 bits per heavy atom. The molecule has 0 aromatic heterocycles. The predicted molar refractivity (Wildman–Crippen MR) is 48.8 cm³/mol. The van der Waals surface area contributed by atoms with E-state index in [1.807, 2.05) is 0 Å². The van der Waals surface area contributed by atoms with E-state index < -0.39 is 12.0 Å². The first-order valence-electron chi connectivity index (χ1n) is 4.31. The molecule has 0 bridgehead atoms.